The molecule has 10 heteroatoms. The molecule has 0 atom stereocenters. The van der Waals surface area contributed by atoms with E-state index in [0.717, 1.165) is 5.82 Å². The van der Waals surface area contributed by atoms with Crippen LogP contribution >= 0.6 is 12.2 Å². The van der Waals surface area contributed by atoms with Crippen LogP contribution in [0.3, 0.4) is 0 Å². The molecule has 8 nitrogen and oxygen atoms in total. The predicted molar refractivity (Wildman–Crippen MR) is 106 cm³/mol. The normalized spacial score (nSPS) is 12.1. The molecule has 0 fully saturated rings. The Balaban J connectivity index is 1.98. The highest BCUT2D eigenvalue weighted by Crippen LogP contribution is 2.14. The summed E-state index contributed by atoms with van der Waals surface area (Å²) in [5, 5.41) is 9.68. The molecular weight excluding hydrogens is 386 g/mol. The van der Waals surface area contributed by atoms with Crippen LogP contribution in [0.4, 0.5) is 0 Å². The van der Waals surface area contributed by atoms with E-state index in [-0.39, 0.29) is 10.8 Å². The monoisotopic (exact) mass is 411 g/mol. The molecule has 0 aliphatic heterocycles. The van der Waals surface area contributed by atoms with Crippen LogP contribution in [0.25, 0.3) is 0 Å². The van der Waals surface area contributed by atoms with Crippen molar-refractivity contribution in [3.05, 3.63) is 40.4 Å². The Kier molecular flexibility index (Phi) is 6.55. The number of nitrogens with one attached hydrogen (secondary N) is 3. The summed E-state index contributed by atoms with van der Waals surface area (Å²) in [6.07, 6.45) is 0.536. The highest BCUT2D eigenvalue weighted by atomic mass is 32.2. The first-order chi connectivity index (χ1) is 12.5. The Morgan fingerprint density at radius 2 is 1.89 bits per heavy atom. The van der Waals surface area contributed by atoms with Gasteiger partial charge in [-0.05, 0) is 64.2 Å². The van der Waals surface area contributed by atoms with E-state index in [1.165, 1.54) is 24.3 Å². The third-order valence-corrected chi connectivity index (χ3v) is 5.74. The summed E-state index contributed by atoms with van der Waals surface area (Å²) in [5.74, 6) is 0.498. The van der Waals surface area contributed by atoms with Crippen LogP contribution in [0.5, 0.6) is 0 Å². The Morgan fingerprint density at radius 3 is 2.44 bits per heavy atom. The molecule has 1 aromatic heterocycles. The molecule has 148 valence electrons. The van der Waals surface area contributed by atoms with E-state index in [1.54, 1.807) is 20.8 Å². The SMILES string of the molecule is CCn1c(CCNC(=O)c2ccc(S(=O)(=O)NC(C)(C)C)cc2)n[nH]c1=S. The van der Waals surface area contributed by atoms with Crippen molar-refractivity contribution < 1.29 is 13.2 Å². The molecule has 0 saturated carbocycles. The van der Waals surface area contributed by atoms with Crippen LogP contribution in [0, 0.1) is 4.77 Å². The highest BCUT2D eigenvalue weighted by Gasteiger charge is 2.22. The number of sulfonamides is 1. The van der Waals surface area contributed by atoms with Gasteiger partial charge in [-0.2, -0.15) is 5.10 Å². The Morgan fingerprint density at radius 1 is 1.26 bits per heavy atom. The number of carbonyl (C=O) groups is 1. The maximum Gasteiger partial charge on any atom is 0.251 e. The van der Waals surface area contributed by atoms with Crippen LogP contribution in [0.15, 0.2) is 29.2 Å². The van der Waals surface area contributed by atoms with Gasteiger partial charge in [0.25, 0.3) is 5.91 Å². The minimum Gasteiger partial charge on any atom is -0.352 e. The topological polar surface area (TPSA) is 109 Å². The van der Waals surface area contributed by atoms with Crippen LogP contribution in [-0.2, 0) is 23.0 Å². The summed E-state index contributed by atoms with van der Waals surface area (Å²) in [5.41, 5.74) is -0.194. The maximum absolute atomic E-state index is 12.3. The van der Waals surface area contributed by atoms with Crippen LogP contribution in [0.2, 0.25) is 0 Å². The lowest BCUT2D eigenvalue weighted by molar-refractivity contribution is 0.0953. The number of hydrogen-bond acceptors (Lipinski definition) is 5. The number of aromatic amines is 1. The number of benzene rings is 1. The minimum atomic E-state index is -3.62. The van der Waals surface area contributed by atoms with Gasteiger partial charge in [-0.1, -0.05) is 0 Å². The smallest absolute Gasteiger partial charge is 0.251 e. The van der Waals surface area contributed by atoms with Gasteiger partial charge < -0.3 is 9.88 Å². The molecule has 0 spiro atoms. The van der Waals surface area contributed by atoms with Crippen molar-refractivity contribution in [2.75, 3.05) is 6.54 Å². The van der Waals surface area contributed by atoms with Crippen molar-refractivity contribution in [2.45, 2.75) is 51.1 Å². The predicted octanol–water partition coefficient (Wildman–Crippen LogP) is 2.01. The van der Waals surface area contributed by atoms with E-state index in [1.807, 2.05) is 11.5 Å². The van der Waals surface area contributed by atoms with Crippen molar-refractivity contribution in [1.82, 2.24) is 24.8 Å². The lowest BCUT2D eigenvalue weighted by atomic mass is 10.1. The number of hydrogen-bond donors (Lipinski definition) is 3. The first-order valence-electron chi connectivity index (χ1n) is 8.60. The fourth-order valence-electron chi connectivity index (χ4n) is 2.50. The van der Waals surface area contributed by atoms with Crippen molar-refractivity contribution in [3.8, 4) is 0 Å². The molecule has 0 aliphatic rings. The molecule has 1 aromatic carbocycles. The van der Waals surface area contributed by atoms with E-state index in [9.17, 15) is 13.2 Å². The summed E-state index contributed by atoms with van der Waals surface area (Å²) in [7, 11) is -3.62. The quantitative estimate of drug-likeness (QED) is 0.604. The Labute approximate surface area is 164 Å². The van der Waals surface area contributed by atoms with E-state index < -0.39 is 15.6 Å². The molecule has 3 N–H and O–H groups in total. The number of nitrogens with zero attached hydrogens (tertiary/aromatic N) is 2. The van der Waals surface area contributed by atoms with Gasteiger partial charge in [0.15, 0.2) is 4.77 Å². The molecule has 1 amide bonds. The van der Waals surface area contributed by atoms with Gasteiger partial charge in [0.1, 0.15) is 5.82 Å². The van der Waals surface area contributed by atoms with Crippen molar-refractivity contribution in [1.29, 1.82) is 0 Å². The van der Waals surface area contributed by atoms with Crippen molar-refractivity contribution >= 4 is 28.1 Å². The van der Waals surface area contributed by atoms with Crippen LogP contribution in [-0.4, -0.2) is 41.2 Å². The van der Waals surface area contributed by atoms with Crippen molar-refractivity contribution in [3.63, 3.8) is 0 Å². The zero-order valence-electron chi connectivity index (χ0n) is 15.9. The molecule has 2 rings (SSSR count). The second-order valence-electron chi connectivity index (χ2n) is 7.08. The largest absolute Gasteiger partial charge is 0.352 e. The lowest BCUT2D eigenvalue weighted by Gasteiger charge is -2.20. The first-order valence-corrected chi connectivity index (χ1v) is 10.5. The first kappa shape index (κ1) is 21.3. The Hall–Kier alpha value is -2.04. The van der Waals surface area contributed by atoms with E-state index in [4.69, 9.17) is 12.2 Å². The third kappa shape index (κ3) is 5.72. The maximum atomic E-state index is 12.3. The third-order valence-electron chi connectivity index (χ3n) is 3.66. The molecule has 2 aromatic rings. The number of aromatic nitrogens is 3. The summed E-state index contributed by atoms with van der Waals surface area (Å²) < 4.78 is 29.6. The van der Waals surface area contributed by atoms with Crippen LogP contribution < -0.4 is 10.0 Å². The van der Waals surface area contributed by atoms with E-state index in [2.05, 4.69) is 20.2 Å². The molecular formula is C17H25N5O3S2. The fourth-order valence-corrected chi connectivity index (χ4v) is 4.20. The van der Waals surface area contributed by atoms with Crippen LogP contribution in [0.1, 0.15) is 43.9 Å². The van der Waals surface area contributed by atoms with Gasteiger partial charge in [0, 0.05) is 30.6 Å². The summed E-state index contributed by atoms with van der Waals surface area (Å²) in [4.78, 5) is 12.4. The second-order valence-corrected chi connectivity index (χ2v) is 9.14. The average Bonchev–Trinajstić information content (AvgIpc) is 2.92. The molecule has 0 unspecified atom stereocenters. The van der Waals surface area contributed by atoms with Gasteiger partial charge in [0.2, 0.25) is 10.0 Å². The zero-order valence-corrected chi connectivity index (χ0v) is 17.5. The molecule has 0 radical (unpaired) electrons. The average molecular weight is 412 g/mol. The van der Waals surface area contributed by atoms with Gasteiger partial charge in [-0.3, -0.25) is 9.89 Å². The van der Waals surface area contributed by atoms with Gasteiger partial charge in [0.05, 0.1) is 4.90 Å². The van der Waals surface area contributed by atoms with E-state index in [0.29, 0.717) is 29.8 Å². The minimum absolute atomic E-state index is 0.118. The summed E-state index contributed by atoms with van der Waals surface area (Å²) >= 11 is 5.13. The molecule has 1 heterocycles. The Bertz CT molecular complexity index is 954. The number of rotatable bonds is 7. The van der Waals surface area contributed by atoms with Gasteiger partial charge >= 0.3 is 0 Å². The standard InChI is InChI=1S/C17H25N5O3S2/c1-5-22-14(19-20-16(22)26)10-11-18-15(23)12-6-8-13(9-7-12)27(24,25)21-17(2,3)4/h6-9,21H,5,10-11H2,1-4H3,(H,18,23)(H,20,26). The lowest BCUT2D eigenvalue weighted by Crippen LogP contribution is -2.40. The summed E-state index contributed by atoms with van der Waals surface area (Å²) in [6, 6.07) is 5.83. The van der Waals surface area contributed by atoms with Gasteiger partial charge in [-0.25, -0.2) is 13.1 Å². The molecule has 0 bridgehead atoms. The number of carbonyl (C=O) groups excluding carboxylic acids is 1. The van der Waals surface area contributed by atoms with Gasteiger partial charge in [-0.15, -0.1) is 0 Å². The molecule has 27 heavy (non-hydrogen) atoms. The highest BCUT2D eigenvalue weighted by molar-refractivity contribution is 7.89. The summed E-state index contributed by atoms with van der Waals surface area (Å²) in [6.45, 7) is 8.37. The van der Waals surface area contributed by atoms with Crippen molar-refractivity contribution in [2.24, 2.45) is 0 Å². The zero-order chi connectivity index (χ0) is 20.2. The molecule has 0 aliphatic carbocycles. The second kappa shape index (κ2) is 8.32. The number of amides is 1. The van der Waals surface area contributed by atoms with E-state index >= 15 is 0 Å². The molecule has 0 saturated heterocycles. The fraction of sp³-hybridized carbons (Fsp3) is 0.471. The number of H-pyrrole nitrogens is 1.